The number of rotatable bonds is 5. The number of ether oxygens (including phenoxy) is 3. The first-order valence-corrected chi connectivity index (χ1v) is 10.7. The summed E-state index contributed by atoms with van der Waals surface area (Å²) in [5, 5.41) is 13.7. The molecule has 2 saturated heterocycles. The molecule has 7 heteroatoms. The second kappa shape index (κ2) is 7.54. The van der Waals surface area contributed by atoms with Crippen molar-refractivity contribution in [3.05, 3.63) is 35.9 Å². The van der Waals surface area contributed by atoms with Gasteiger partial charge in [-0.1, -0.05) is 18.2 Å². The van der Waals surface area contributed by atoms with Gasteiger partial charge in [0, 0.05) is 24.3 Å². The van der Waals surface area contributed by atoms with Crippen molar-refractivity contribution in [2.45, 2.75) is 41.5 Å². The van der Waals surface area contributed by atoms with Crippen molar-refractivity contribution < 1.29 is 19.3 Å². The van der Waals surface area contributed by atoms with Gasteiger partial charge in [0.2, 0.25) is 0 Å². The lowest BCUT2D eigenvalue weighted by Crippen LogP contribution is -2.54. The summed E-state index contributed by atoms with van der Waals surface area (Å²) in [5.41, 5.74) is 1.22. The molecular weight excluding hydrogens is 376 g/mol. The molecule has 0 bridgehead atoms. The maximum Gasteiger partial charge on any atom is 0.170 e. The standard InChI is InChI=1S/C21H30N2O4S/c1-23-10-9-20(14-5-6-16(25-2)17(11-14)26-3)7-8-21(12-18(20)23)22-15(13-28-21)19(24)27-4/h5-8,11,15,18-19,22,24H,9-10,12-13H2,1-4H3. The predicted molar refractivity (Wildman–Crippen MR) is 111 cm³/mol. The van der Waals surface area contributed by atoms with Gasteiger partial charge in [0.05, 0.1) is 25.1 Å². The molecule has 2 aliphatic heterocycles. The average molecular weight is 407 g/mol. The van der Waals surface area contributed by atoms with Crippen LogP contribution in [0.2, 0.25) is 0 Å². The molecule has 1 aromatic carbocycles. The topological polar surface area (TPSA) is 63.2 Å². The normalized spacial score (nSPS) is 35.9. The van der Waals surface area contributed by atoms with Crippen LogP contribution in [0, 0.1) is 0 Å². The van der Waals surface area contributed by atoms with E-state index < -0.39 is 6.29 Å². The third kappa shape index (κ3) is 3.13. The number of methoxy groups -OCH3 is 3. The van der Waals surface area contributed by atoms with Crippen molar-refractivity contribution in [2.24, 2.45) is 0 Å². The van der Waals surface area contributed by atoms with E-state index in [0.29, 0.717) is 6.04 Å². The van der Waals surface area contributed by atoms with Crippen LogP contribution in [-0.4, -0.2) is 73.9 Å². The van der Waals surface area contributed by atoms with Crippen molar-refractivity contribution in [3.63, 3.8) is 0 Å². The van der Waals surface area contributed by atoms with Crippen LogP contribution in [0.15, 0.2) is 30.4 Å². The molecule has 3 aliphatic rings. The molecule has 5 unspecified atom stereocenters. The van der Waals surface area contributed by atoms with Crippen LogP contribution in [0.1, 0.15) is 18.4 Å². The van der Waals surface area contributed by atoms with Crippen LogP contribution in [0.4, 0.5) is 0 Å². The lowest BCUT2D eigenvalue weighted by molar-refractivity contribution is -0.0924. The molecular formula is C21H30N2O4S. The Kier molecular flexibility index (Phi) is 5.39. The van der Waals surface area contributed by atoms with E-state index in [0.717, 1.165) is 36.6 Å². The van der Waals surface area contributed by atoms with Crippen LogP contribution in [0.5, 0.6) is 11.5 Å². The zero-order chi connectivity index (χ0) is 19.9. The molecule has 0 saturated carbocycles. The van der Waals surface area contributed by atoms with Gasteiger partial charge in [-0.3, -0.25) is 5.32 Å². The van der Waals surface area contributed by atoms with Crippen LogP contribution in [0.25, 0.3) is 0 Å². The minimum atomic E-state index is -0.779. The average Bonchev–Trinajstić information content (AvgIpc) is 3.29. The van der Waals surface area contributed by atoms with Crippen molar-refractivity contribution in [2.75, 3.05) is 40.7 Å². The third-order valence-electron chi connectivity index (χ3n) is 6.61. The Bertz CT molecular complexity index is 760. The van der Waals surface area contributed by atoms with Gasteiger partial charge < -0.3 is 24.2 Å². The van der Waals surface area contributed by atoms with E-state index in [1.165, 1.54) is 5.56 Å². The number of aliphatic hydroxyl groups excluding tert-OH is 1. The van der Waals surface area contributed by atoms with E-state index in [1.807, 2.05) is 17.8 Å². The van der Waals surface area contributed by atoms with E-state index in [2.05, 4.69) is 41.5 Å². The van der Waals surface area contributed by atoms with Gasteiger partial charge in [-0.15, -0.1) is 11.8 Å². The van der Waals surface area contributed by atoms with Gasteiger partial charge in [-0.25, -0.2) is 0 Å². The number of fused-ring (bicyclic) bond motifs is 1. The summed E-state index contributed by atoms with van der Waals surface area (Å²) in [6.07, 6.45) is 5.97. The number of nitrogens with one attached hydrogen (secondary N) is 1. The van der Waals surface area contributed by atoms with Crippen molar-refractivity contribution in [3.8, 4) is 11.5 Å². The van der Waals surface area contributed by atoms with Crippen molar-refractivity contribution in [1.29, 1.82) is 0 Å². The van der Waals surface area contributed by atoms with Gasteiger partial charge in [0.1, 0.15) is 0 Å². The summed E-state index contributed by atoms with van der Waals surface area (Å²) >= 11 is 1.87. The number of aliphatic hydroxyl groups is 1. The van der Waals surface area contributed by atoms with Gasteiger partial charge in [0.15, 0.2) is 17.8 Å². The fourth-order valence-corrected chi connectivity index (χ4v) is 6.37. The number of likely N-dealkylation sites (tertiary alicyclic amines) is 1. The molecule has 2 N–H and O–H groups in total. The number of likely N-dealkylation sites (N-methyl/N-ethyl adjacent to an activating group) is 1. The molecule has 1 aromatic rings. The van der Waals surface area contributed by atoms with Crippen LogP contribution >= 0.6 is 11.8 Å². The first-order valence-electron chi connectivity index (χ1n) is 9.72. The minimum absolute atomic E-state index is 0.0419. The Morgan fingerprint density at radius 3 is 2.71 bits per heavy atom. The smallest absolute Gasteiger partial charge is 0.170 e. The molecule has 1 aliphatic carbocycles. The zero-order valence-corrected chi connectivity index (χ0v) is 17.8. The van der Waals surface area contributed by atoms with Crippen LogP contribution in [0.3, 0.4) is 0 Å². The van der Waals surface area contributed by atoms with Crippen molar-refractivity contribution in [1.82, 2.24) is 10.2 Å². The van der Waals surface area contributed by atoms with Gasteiger partial charge in [-0.05, 0) is 44.1 Å². The molecule has 2 heterocycles. The Morgan fingerprint density at radius 1 is 1.21 bits per heavy atom. The molecule has 154 valence electrons. The van der Waals surface area contributed by atoms with Crippen LogP contribution < -0.4 is 14.8 Å². The Hall–Kier alpha value is -1.25. The van der Waals surface area contributed by atoms with E-state index in [1.54, 1.807) is 21.3 Å². The van der Waals surface area contributed by atoms with E-state index >= 15 is 0 Å². The molecule has 6 nitrogen and oxygen atoms in total. The Balaban J connectivity index is 1.68. The van der Waals surface area contributed by atoms with E-state index in [-0.39, 0.29) is 16.3 Å². The highest BCUT2D eigenvalue weighted by molar-refractivity contribution is 8.01. The molecule has 0 aromatic heterocycles. The second-order valence-corrected chi connectivity index (χ2v) is 9.32. The molecule has 5 atom stereocenters. The SMILES string of the molecule is COc1ccc(C23C=CC4(CC2N(C)CC3)NC(C(O)OC)CS4)cc1OC. The zero-order valence-electron chi connectivity index (χ0n) is 17.0. The lowest BCUT2D eigenvalue weighted by Gasteiger charge is -2.45. The highest BCUT2D eigenvalue weighted by atomic mass is 32.2. The number of thioether (sulfide) groups is 1. The molecule has 0 radical (unpaired) electrons. The summed E-state index contributed by atoms with van der Waals surface area (Å²) in [7, 11) is 7.11. The highest BCUT2D eigenvalue weighted by Gasteiger charge is 2.54. The molecule has 4 rings (SSSR count). The summed E-state index contributed by atoms with van der Waals surface area (Å²) in [5.74, 6) is 2.36. The van der Waals surface area contributed by atoms with Gasteiger partial charge in [0.25, 0.3) is 0 Å². The lowest BCUT2D eigenvalue weighted by atomic mass is 9.68. The Labute approximate surface area is 171 Å². The van der Waals surface area contributed by atoms with E-state index in [9.17, 15) is 5.11 Å². The number of benzene rings is 1. The maximum atomic E-state index is 10.1. The summed E-state index contributed by atoms with van der Waals surface area (Å²) in [4.78, 5) is 2.30. The molecule has 1 spiro atoms. The van der Waals surface area contributed by atoms with Crippen LogP contribution in [-0.2, 0) is 10.2 Å². The quantitative estimate of drug-likeness (QED) is 0.573. The fraction of sp³-hybridized carbons (Fsp3) is 0.619. The monoisotopic (exact) mass is 406 g/mol. The number of hydrogen-bond donors (Lipinski definition) is 2. The van der Waals surface area contributed by atoms with Gasteiger partial charge >= 0.3 is 0 Å². The number of hydrogen-bond acceptors (Lipinski definition) is 7. The third-order valence-corrected chi connectivity index (χ3v) is 8.07. The number of nitrogens with zero attached hydrogens (tertiary/aromatic N) is 1. The second-order valence-electron chi connectivity index (χ2n) is 7.97. The maximum absolute atomic E-state index is 10.1. The summed E-state index contributed by atoms with van der Waals surface area (Å²) < 4.78 is 16.1. The van der Waals surface area contributed by atoms with E-state index in [4.69, 9.17) is 14.2 Å². The molecule has 2 fully saturated rings. The Morgan fingerprint density at radius 2 is 2.00 bits per heavy atom. The molecule has 28 heavy (non-hydrogen) atoms. The summed E-state index contributed by atoms with van der Waals surface area (Å²) in [6, 6.07) is 6.61. The highest BCUT2D eigenvalue weighted by Crippen LogP contribution is 2.52. The minimum Gasteiger partial charge on any atom is -0.493 e. The van der Waals surface area contributed by atoms with Gasteiger partial charge in [-0.2, -0.15) is 0 Å². The first kappa shape index (κ1) is 20.0. The van der Waals surface area contributed by atoms with Crippen molar-refractivity contribution >= 4 is 11.8 Å². The fourth-order valence-electron chi connectivity index (χ4n) is 4.97. The predicted octanol–water partition coefficient (Wildman–Crippen LogP) is 1.97. The largest absolute Gasteiger partial charge is 0.493 e. The summed E-state index contributed by atoms with van der Waals surface area (Å²) in [6.45, 7) is 1.05. The molecule has 0 amide bonds. The first-order chi connectivity index (χ1) is 13.5.